The van der Waals surface area contributed by atoms with Gasteiger partial charge in [0.2, 0.25) is 0 Å². The lowest BCUT2D eigenvalue weighted by Crippen LogP contribution is -2.15. The zero-order valence-corrected chi connectivity index (χ0v) is 11.9. The van der Waals surface area contributed by atoms with Crippen LogP contribution in [0.25, 0.3) is 0 Å². The molecule has 0 amide bonds. The number of carbonyl (C=O) groups is 2. The van der Waals surface area contributed by atoms with Crippen LogP contribution in [0.15, 0.2) is 6.07 Å². The van der Waals surface area contributed by atoms with Crippen molar-refractivity contribution in [1.29, 1.82) is 0 Å². The van der Waals surface area contributed by atoms with Crippen LogP contribution in [-0.2, 0) is 0 Å². The minimum absolute atomic E-state index is 0.0897. The first-order valence-corrected chi connectivity index (χ1v) is 6.21. The van der Waals surface area contributed by atoms with Gasteiger partial charge in [-0.3, -0.25) is 4.79 Å². The van der Waals surface area contributed by atoms with E-state index in [1.54, 1.807) is 13.8 Å². The normalized spacial score (nSPS) is 12.3. The first-order valence-electron chi connectivity index (χ1n) is 5.29. The van der Waals surface area contributed by atoms with E-state index in [2.05, 4.69) is 15.9 Å². The number of benzene rings is 1. The van der Waals surface area contributed by atoms with Crippen LogP contribution >= 0.6 is 15.9 Å². The highest BCUT2D eigenvalue weighted by molar-refractivity contribution is 9.10. The van der Waals surface area contributed by atoms with Crippen LogP contribution in [0.5, 0.6) is 0 Å². The van der Waals surface area contributed by atoms with Crippen LogP contribution in [0.1, 0.15) is 44.3 Å². The van der Waals surface area contributed by atoms with Gasteiger partial charge in [-0.05, 0) is 50.5 Å². The van der Waals surface area contributed by atoms with Gasteiger partial charge in [0.1, 0.15) is 0 Å². The Balaban J connectivity index is 3.53. The Morgan fingerprint density at radius 2 is 1.59 bits per heavy atom. The van der Waals surface area contributed by atoms with E-state index in [1.165, 1.54) is 6.07 Å². The molecule has 0 saturated heterocycles. The third-order valence-corrected chi connectivity index (χ3v) is 3.49. The molecular formula is C13H15BrO3. The lowest BCUT2D eigenvalue weighted by atomic mass is 9.91. The van der Waals surface area contributed by atoms with Gasteiger partial charge in [-0.2, -0.15) is 0 Å². The van der Waals surface area contributed by atoms with E-state index in [0.29, 0.717) is 11.1 Å². The predicted molar refractivity (Wildman–Crippen MR) is 70.3 cm³/mol. The summed E-state index contributed by atoms with van der Waals surface area (Å²) in [6, 6.07) is 1.47. The molecule has 92 valence electrons. The fourth-order valence-corrected chi connectivity index (χ4v) is 1.99. The maximum absolute atomic E-state index is 12.0. The highest BCUT2D eigenvalue weighted by atomic mass is 79.9. The van der Waals surface area contributed by atoms with E-state index < -0.39 is 5.97 Å². The van der Waals surface area contributed by atoms with E-state index in [1.807, 2.05) is 13.8 Å². The first-order chi connectivity index (χ1) is 7.77. The maximum atomic E-state index is 12.0. The van der Waals surface area contributed by atoms with E-state index in [9.17, 15) is 9.59 Å². The second-order valence-corrected chi connectivity index (χ2v) is 5.51. The smallest absolute Gasteiger partial charge is 0.335 e. The molecule has 0 aromatic heterocycles. The van der Waals surface area contributed by atoms with Crippen molar-refractivity contribution < 1.29 is 14.7 Å². The van der Waals surface area contributed by atoms with Gasteiger partial charge in [-0.1, -0.05) is 15.9 Å². The van der Waals surface area contributed by atoms with Crippen molar-refractivity contribution in [2.45, 2.75) is 32.5 Å². The van der Waals surface area contributed by atoms with Gasteiger partial charge < -0.3 is 5.11 Å². The van der Waals surface area contributed by atoms with Crippen molar-refractivity contribution in [3.05, 3.63) is 33.9 Å². The number of ketones is 1. The van der Waals surface area contributed by atoms with Crippen molar-refractivity contribution in [2.75, 3.05) is 0 Å². The lowest BCUT2D eigenvalue weighted by Gasteiger charge is -2.14. The van der Waals surface area contributed by atoms with Crippen molar-refractivity contribution in [3.8, 4) is 0 Å². The van der Waals surface area contributed by atoms with Crippen LogP contribution in [0.2, 0.25) is 0 Å². The van der Waals surface area contributed by atoms with Crippen LogP contribution in [0.4, 0.5) is 0 Å². The highest BCUT2D eigenvalue weighted by Gasteiger charge is 2.20. The molecule has 4 heteroatoms. The second-order valence-electron chi connectivity index (χ2n) is 4.13. The van der Waals surface area contributed by atoms with Gasteiger partial charge in [0.15, 0.2) is 5.78 Å². The molecule has 0 radical (unpaired) electrons. The summed E-state index contributed by atoms with van der Waals surface area (Å²) < 4.78 is 0. The number of carboxylic acids is 1. The summed E-state index contributed by atoms with van der Waals surface area (Å²) in [7, 11) is 0. The summed E-state index contributed by atoms with van der Waals surface area (Å²) in [5.74, 6) is -1.09. The number of hydrogen-bond acceptors (Lipinski definition) is 2. The highest BCUT2D eigenvalue weighted by Crippen LogP contribution is 2.24. The topological polar surface area (TPSA) is 54.4 Å². The molecule has 1 unspecified atom stereocenters. The summed E-state index contributed by atoms with van der Waals surface area (Å²) >= 11 is 3.22. The number of alkyl halides is 1. The molecule has 0 fully saturated rings. The summed E-state index contributed by atoms with van der Waals surface area (Å²) in [6.07, 6.45) is 0. The standard InChI is InChI=1S/C13H15BrO3/c1-6-7(2)10(12(15)9(4)14)5-11(8(6)3)13(16)17/h5,9H,1-4H3,(H,16,17). The number of carbonyl (C=O) groups excluding carboxylic acids is 1. The van der Waals surface area contributed by atoms with Crippen molar-refractivity contribution in [1.82, 2.24) is 0 Å². The number of Topliss-reactive ketones (excluding diaryl/α,β-unsaturated/α-hetero) is 1. The van der Waals surface area contributed by atoms with Crippen LogP contribution < -0.4 is 0 Å². The van der Waals surface area contributed by atoms with Crippen molar-refractivity contribution >= 4 is 27.7 Å². The van der Waals surface area contributed by atoms with Gasteiger partial charge in [0, 0.05) is 5.56 Å². The molecule has 0 aliphatic rings. The molecule has 1 rings (SSSR count). The summed E-state index contributed by atoms with van der Waals surface area (Å²) in [5.41, 5.74) is 3.11. The van der Waals surface area contributed by atoms with Crippen LogP contribution in [0, 0.1) is 20.8 Å². The third-order valence-electron chi connectivity index (χ3n) is 3.08. The Morgan fingerprint density at radius 1 is 1.12 bits per heavy atom. The Bertz CT molecular complexity index is 490. The van der Waals surface area contributed by atoms with E-state index >= 15 is 0 Å². The Hall–Kier alpha value is -1.16. The zero-order valence-electron chi connectivity index (χ0n) is 10.3. The molecule has 0 aliphatic heterocycles. The van der Waals surface area contributed by atoms with Gasteiger partial charge in [0.25, 0.3) is 0 Å². The van der Waals surface area contributed by atoms with Gasteiger partial charge in [-0.15, -0.1) is 0 Å². The summed E-state index contributed by atoms with van der Waals surface area (Å²) in [6.45, 7) is 7.18. The monoisotopic (exact) mass is 298 g/mol. The van der Waals surface area contributed by atoms with E-state index in [0.717, 1.165) is 11.1 Å². The maximum Gasteiger partial charge on any atom is 0.335 e. The number of rotatable bonds is 3. The molecular weight excluding hydrogens is 284 g/mol. The predicted octanol–water partition coefficient (Wildman–Crippen LogP) is 3.28. The van der Waals surface area contributed by atoms with Crippen molar-refractivity contribution in [2.24, 2.45) is 0 Å². The zero-order chi connectivity index (χ0) is 13.3. The minimum atomic E-state index is -0.998. The molecule has 0 bridgehead atoms. The number of hydrogen-bond donors (Lipinski definition) is 1. The molecule has 1 aromatic carbocycles. The molecule has 3 nitrogen and oxygen atoms in total. The van der Waals surface area contributed by atoms with Crippen LogP contribution in [-0.4, -0.2) is 21.7 Å². The molecule has 0 saturated carbocycles. The molecule has 1 aromatic rings. The first kappa shape index (κ1) is 13.9. The quantitative estimate of drug-likeness (QED) is 0.688. The number of carboxylic acid groups (broad SMARTS) is 1. The minimum Gasteiger partial charge on any atom is -0.478 e. The number of aromatic carboxylic acids is 1. The van der Waals surface area contributed by atoms with Gasteiger partial charge in [-0.25, -0.2) is 4.79 Å². The van der Waals surface area contributed by atoms with Gasteiger partial charge in [0.05, 0.1) is 10.4 Å². The van der Waals surface area contributed by atoms with E-state index in [-0.39, 0.29) is 16.2 Å². The molecule has 1 N–H and O–H groups in total. The fourth-order valence-electron chi connectivity index (χ4n) is 1.74. The Morgan fingerprint density at radius 3 is 2.00 bits per heavy atom. The van der Waals surface area contributed by atoms with E-state index in [4.69, 9.17) is 5.11 Å². The molecule has 0 spiro atoms. The molecule has 1 atom stereocenters. The van der Waals surface area contributed by atoms with Crippen LogP contribution in [0.3, 0.4) is 0 Å². The fraction of sp³-hybridized carbons (Fsp3) is 0.385. The Kier molecular flexibility index (Phi) is 4.09. The third kappa shape index (κ3) is 2.57. The number of halogens is 1. The lowest BCUT2D eigenvalue weighted by molar-refractivity contribution is 0.0696. The summed E-state index contributed by atoms with van der Waals surface area (Å²) in [5, 5.41) is 9.10. The average molecular weight is 299 g/mol. The SMILES string of the molecule is Cc1c(C(=O)O)cc(C(=O)C(C)Br)c(C)c1C. The van der Waals surface area contributed by atoms with Gasteiger partial charge >= 0.3 is 5.97 Å². The Labute approximate surface area is 109 Å². The molecule has 0 heterocycles. The average Bonchev–Trinajstić information content (AvgIpc) is 2.24. The molecule has 17 heavy (non-hydrogen) atoms. The van der Waals surface area contributed by atoms with Crippen molar-refractivity contribution in [3.63, 3.8) is 0 Å². The molecule has 0 aliphatic carbocycles. The second kappa shape index (κ2) is 5.00. The largest absolute Gasteiger partial charge is 0.478 e. The summed E-state index contributed by atoms with van der Waals surface area (Å²) in [4.78, 5) is 22.8.